The normalized spacial score (nSPS) is 10.5. The molecule has 0 radical (unpaired) electrons. The summed E-state index contributed by atoms with van der Waals surface area (Å²) in [5.74, 6) is -0.359. The molecule has 3 heteroatoms. The van der Waals surface area contributed by atoms with Crippen LogP contribution in [0.25, 0.3) is 4.85 Å². The average Bonchev–Trinajstić information content (AvgIpc) is 2.28. The van der Waals surface area contributed by atoms with Gasteiger partial charge in [-0.2, -0.15) is 0 Å². The maximum absolute atomic E-state index is 11.2. The molecule has 1 aromatic carbocycles. The van der Waals surface area contributed by atoms with Crippen molar-refractivity contribution in [1.29, 1.82) is 0 Å². The van der Waals surface area contributed by atoms with E-state index in [4.69, 9.17) is 6.57 Å². The van der Waals surface area contributed by atoms with Crippen LogP contribution in [0.3, 0.4) is 0 Å². The Morgan fingerprint density at radius 3 is 2.27 bits per heavy atom. The smallest absolute Gasteiger partial charge is 0.337 e. The van der Waals surface area contributed by atoms with Gasteiger partial charge in [0.05, 0.1) is 12.7 Å². The van der Waals surface area contributed by atoms with Gasteiger partial charge < -0.3 is 9.58 Å². The summed E-state index contributed by atoms with van der Waals surface area (Å²) in [6, 6.07) is 6.91. The summed E-state index contributed by atoms with van der Waals surface area (Å²) in [5.41, 5.74) is 0.849. The van der Waals surface area contributed by atoms with Crippen molar-refractivity contribution in [2.45, 2.75) is 19.4 Å². The molecule has 0 unspecified atom stereocenters. The summed E-state index contributed by atoms with van der Waals surface area (Å²) in [5, 5.41) is 0. The molecule has 0 N–H and O–H groups in total. The Morgan fingerprint density at radius 2 is 1.87 bits per heavy atom. The van der Waals surface area contributed by atoms with E-state index < -0.39 is 5.54 Å². The molecule has 3 nitrogen and oxygen atoms in total. The first-order chi connectivity index (χ1) is 7.01. The first-order valence-electron chi connectivity index (χ1n) is 4.59. The van der Waals surface area contributed by atoms with Gasteiger partial charge in [-0.05, 0) is 12.1 Å². The van der Waals surface area contributed by atoms with Gasteiger partial charge in [0.2, 0.25) is 0 Å². The van der Waals surface area contributed by atoms with E-state index in [0.717, 1.165) is 5.56 Å². The van der Waals surface area contributed by atoms with Crippen molar-refractivity contribution in [3.05, 3.63) is 46.8 Å². The highest BCUT2D eigenvalue weighted by molar-refractivity contribution is 5.89. The molecule has 0 bridgehead atoms. The molecule has 0 atom stereocenters. The fraction of sp³-hybridized carbons (Fsp3) is 0.333. The van der Waals surface area contributed by atoms with Crippen molar-refractivity contribution in [3.8, 4) is 0 Å². The molecule has 1 aromatic rings. The molecule has 0 spiro atoms. The topological polar surface area (TPSA) is 30.7 Å². The lowest BCUT2D eigenvalue weighted by atomic mass is 9.94. The third-order valence-electron chi connectivity index (χ3n) is 2.29. The first kappa shape index (κ1) is 11.3. The zero-order chi connectivity index (χ0) is 11.5. The zero-order valence-corrected chi connectivity index (χ0v) is 9.07. The molecule has 0 aliphatic heterocycles. The van der Waals surface area contributed by atoms with Gasteiger partial charge in [-0.3, -0.25) is 0 Å². The fourth-order valence-electron chi connectivity index (χ4n) is 1.20. The number of hydrogen-bond donors (Lipinski definition) is 0. The van der Waals surface area contributed by atoms with Gasteiger partial charge in [0.25, 0.3) is 5.54 Å². The zero-order valence-electron chi connectivity index (χ0n) is 9.07. The summed E-state index contributed by atoms with van der Waals surface area (Å²) in [6.45, 7) is 10.7. The van der Waals surface area contributed by atoms with E-state index in [0.29, 0.717) is 5.56 Å². The number of carbonyl (C=O) groups is 1. The molecule has 1 rings (SSSR count). The second-order valence-electron chi connectivity index (χ2n) is 3.74. The Kier molecular flexibility index (Phi) is 3.11. The van der Waals surface area contributed by atoms with Crippen LogP contribution >= 0.6 is 0 Å². The highest BCUT2D eigenvalue weighted by Crippen LogP contribution is 2.24. The SMILES string of the molecule is [C-]#[N+]C(C)(C)c1ccc(C(=O)OC)cc1. The lowest BCUT2D eigenvalue weighted by Crippen LogP contribution is -2.11. The van der Waals surface area contributed by atoms with Crippen molar-refractivity contribution in [1.82, 2.24) is 0 Å². The second-order valence-corrected chi connectivity index (χ2v) is 3.74. The van der Waals surface area contributed by atoms with E-state index in [1.807, 2.05) is 13.8 Å². The molecule has 0 heterocycles. The van der Waals surface area contributed by atoms with Gasteiger partial charge >= 0.3 is 5.97 Å². The van der Waals surface area contributed by atoms with Crippen LogP contribution in [0.2, 0.25) is 0 Å². The van der Waals surface area contributed by atoms with E-state index in [9.17, 15) is 4.79 Å². The predicted molar refractivity (Wildman–Crippen MR) is 57.4 cm³/mol. The summed E-state index contributed by atoms with van der Waals surface area (Å²) in [4.78, 5) is 14.7. The number of esters is 1. The van der Waals surface area contributed by atoms with Crippen LogP contribution in [-0.4, -0.2) is 13.1 Å². The molecular formula is C12H13NO2. The standard InChI is InChI=1S/C12H13NO2/c1-12(2,13-3)10-7-5-9(6-8-10)11(14)15-4/h5-8H,1-2,4H3. The van der Waals surface area contributed by atoms with Gasteiger partial charge in [0, 0.05) is 19.4 Å². The quantitative estimate of drug-likeness (QED) is 0.546. The van der Waals surface area contributed by atoms with Crippen molar-refractivity contribution >= 4 is 5.97 Å². The molecule has 0 fully saturated rings. The summed E-state index contributed by atoms with van der Waals surface area (Å²) in [6.07, 6.45) is 0. The minimum Gasteiger partial charge on any atom is -0.465 e. The van der Waals surface area contributed by atoms with Crippen LogP contribution in [0.5, 0.6) is 0 Å². The van der Waals surface area contributed by atoms with Crippen molar-refractivity contribution < 1.29 is 9.53 Å². The lowest BCUT2D eigenvalue weighted by Gasteiger charge is -2.11. The number of nitrogens with zero attached hydrogens (tertiary/aromatic N) is 1. The Hall–Kier alpha value is -1.82. The number of carbonyl (C=O) groups excluding carboxylic acids is 1. The van der Waals surface area contributed by atoms with Gasteiger partial charge in [-0.15, -0.1) is 0 Å². The fourth-order valence-corrected chi connectivity index (χ4v) is 1.20. The van der Waals surface area contributed by atoms with Crippen molar-refractivity contribution in [2.24, 2.45) is 0 Å². The molecular weight excluding hydrogens is 190 g/mol. The van der Waals surface area contributed by atoms with Crippen molar-refractivity contribution in [2.75, 3.05) is 7.11 Å². The largest absolute Gasteiger partial charge is 0.465 e. The Labute approximate surface area is 89.5 Å². The predicted octanol–water partition coefficient (Wildman–Crippen LogP) is 2.63. The molecule has 0 amide bonds. The maximum Gasteiger partial charge on any atom is 0.337 e. The van der Waals surface area contributed by atoms with Gasteiger partial charge in [-0.25, -0.2) is 11.4 Å². The van der Waals surface area contributed by atoms with E-state index >= 15 is 0 Å². The van der Waals surface area contributed by atoms with E-state index in [1.165, 1.54) is 7.11 Å². The number of ether oxygens (including phenoxy) is 1. The monoisotopic (exact) mass is 203 g/mol. The lowest BCUT2D eigenvalue weighted by molar-refractivity contribution is 0.0600. The van der Waals surface area contributed by atoms with E-state index in [-0.39, 0.29) is 5.97 Å². The van der Waals surface area contributed by atoms with Crippen LogP contribution < -0.4 is 0 Å². The summed E-state index contributed by atoms with van der Waals surface area (Å²) >= 11 is 0. The van der Waals surface area contributed by atoms with Crippen LogP contribution in [0.4, 0.5) is 0 Å². The summed E-state index contributed by atoms with van der Waals surface area (Å²) in [7, 11) is 1.35. The number of rotatable bonds is 2. The molecule has 0 saturated carbocycles. The number of hydrogen-bond acceptors (Lipinski definition) is 2. The van der Waals surface area contributed by atoms with Crippen LogP contribution in [-0.2, 0) is 10.3 Å². The first-order valence-corrected chi connectivity index (χ1v) is 4.59. The molecule has 78 valence electrons. The third-order valence-corrected chi connectivity index (χ3v) is 2.29. The van der Waals surface area contributed by atoms with Gasteiger partial charge in [0.1, 0.15) is 0 Å². The third kappa shape index (κ3) is 2.35. The van der Waals surface area contributed by atoms with E-state index in [1.54, 1.807) is 24.3 Å². The Bertz CT molecular complexity index is 399. The maximum atomic E-state index is 11.2. The molecule has 0 aromatic heterocycles. The van der Waals surface area contributed by atoms with E-state index in [2.05, 4.69) is 9.58 Å². The van der Waals surface area contributed by atoms with Crippen molar-refractivity contribution in [3.63, 3.8) is 0 Å². The summed E-state index contributed by atoms with van der Waals surface area (Å²) < 4.78 is 4.59. The molecule has 0 aliphatic rings. The highest BCUT2D eigenvalue weighted by Gasteiger charge is 2.25. The van der Waals surface area contributed by atoms with Crippen LogP contribution in [0.15, 0.2) is 24.3 Å². The minimum atomic E-state index is -0.547. The number of methoxy groups -OCH3 is 1. The Balaban J connectivity index is 3.01. The van der Waals surface area contributed by atoms with Crippen LogP contribution in [0, 0.1) is 6.57 Å². The van der Waals surface area contributed by atoms with Gasteiger partial charge in [0.15, 0.2) is 0 Å². The molecule has 15 heavy (non-hydrogen) atoms. The van der Waals surface area contributed by atoms with Crippen LogP contribution in [0.1, 0.15) is 29.8 Å². The molecule has 0 saturated heterocycles. The second kappa shape index (κ2) is 4.14. The number of benzene rings is 1. The Morgan fingerprint density at radius 1 is 1.33 bits per heavy atom. The highest BCUT2D eigenvalue weighted by atomic mass is 16.5. The van der Waals surface area contributed by atoms with Gasteiger partial charge in [-0.1, -0.05) is 12.1 Å². The molecule has 0 aliphatic carbocycles. The average molecular weight is 203 g/mol. The minimum absolute atomic E-state index is 0.359.